The fourth-order valence-electron chi connectivity index (χ4n) is 1.56. The van der Waals surface area contributed by atoms with E-state index in [1.54, 1.807) is 12.1 Å². The van der Waals surface area contributed by atoms with Gasteiger partial charge in [-0.3, -0.25) is 0 Å². The molecule has 0 saturated heterocycles. The third-order valence-corrected chi connectivity index (χ3v) is 2.47. The largest absolute Gasteiger partial charge is 0.438 e. The number of halogens is 3. The number of rotatable bonds is 2. The molecule has 1 aromatic heterocycles. The highest BCUT2D eigenvalue weighted by molar-refractivity contribution is 5.45. The molecule has 4 nitrogen and oxygen atoms in total. The topological polar surface area (TPSA) is 69.7 Å². The lowest BCUT2D eigenvalue weighted by molar-refractivity contribution is -0.138. The van der Waals surface area contributed by atoms with Gasteiger partial charge in [-0.15, -0.1) is 0 Å². The Hall–Kier alpha value is -3.06. The SMILES string of the molecule is N#Cc1ccc(Oc2cccc(C#N)n2)c(C(F)(F)F)c1. The molecule has 2 aromatic rings. The van der Waals surface area contributed by atoms with Gasteiger partial charge in [0, 0.05) is 6.07 Å². The minimum Gasteiger partial charge on any atom is -0.438 e. The lowest BCUT2D eigenvalue weighted by Gasteiger charge is -2.13. The van der Waals surface area contributed by atoms with Crippen LogP contribution in [-0.2, 0) is 6.18 Å². The number of hydrogen-bond donors (Lipinski definition) is 0. The van der Waals surface area contributed by atoms with Gasteiger partial charge in [0.1, 0.15) is 17.5 Å². The second-order valence-electron chi connectivity index (χ2n) is 3.90. The van der Waals surface area contributed by atoms with Gasteiger partial charge in [-0.05, 0) is 24.3 Å². The van der Waals surface area contributed by atoms with Gasteiger partial charge in [-0.25, -0.2) is 4.98 Å². The molecule has 0 aliphatic rings. The van der Waals surface area contributed by atoms with E-state index in [1.807, 2.05) is 0 Å². The van der Waals surface area contributed by atoms with Gasteiger partial charge in [0.2, 0.25) is 5.88 Å². The normalized spacial score (nSPS) is 10.5. The van der Waals surface area contributed by atoms with Crippen molar-refractivity contribution in [1.82, 2.24) is 4.98 Å². The van der Waals surface area contributed by atoms with Crippen LogP contribution in [0, 0.1) is 22.7 Å². The van der Waals surface area contributed by atoms with Gasteiger partial charge in [-0.1, -0.05) is 6.07 Å². The number of ether oxygens (including phenoxy) is 1. The Morgan fingerprint density at radius 2 is 1.81 bits per heavy atom. The number of benzene rings is 1. The summed E-state index contributed by atoms with van der Waals surface area (Å²) in [5.74, 6) is -0.617. The Morgan fingerprint density at radius 1 is 1.05 bits per heavy atom. The monoisotopic (exact) mass is 289 g/mol. The number of alkyl halides is 3. The molecule has 0 atom stereocenters. The van der Waals surface area contributed by atoms with Gasteiger partial charge < -0.3 is 4.74 Å². The zero-order valence-corrected chi connectivity index (χ0v) is 10.3. The Bertz CT molecular complexity index is 757. The second kappa shape index (κ2) is 5.51. The van der Waals surface area contributed by atoms with Crippen molar-refractivity contribution >= 4 is 0 Å². The predicted octanol–water partition coefficient (Wildman–Crippen LogP) is 3.64. The summed E-state index contributed by atoms with van der Waals surface area (Å²) in [5.41, 5.74) is -1.19. The Morgan fingerprint density at radius 3 is 2.43 bits per heavy atom. The molecule has 104 valence electrons. The van der Waals surface area contributed by atoms with Gasteiger partial charge in [0.25, 0.3) is 0 Å². The summed E-state index contributed by atoms with van der Waals surface area (Å²) in [4.78, 5) is 3.74. The summed E-state index contributed by atoms with van der Waals surface area (Å²) in [5, 5.41) is 17.4. The highest BCUT2D eigenvalue weighted by Crippen LogP contribution is 2.38. The smallest absolute Gasteiger partial charge is 0.420 e. The van der Waals surface area contributed by atoms with E-state index in [0.29, 0.717) is 6.07 Å². The van der Waals surface area contributed by atoms with Gasteiger partial charge in [0.15, 0.2) is 0 Å². The Balaban J connectivity index is 2.45. The van der Waals surface area contributed by atoms with E-state index >= 15 is 0 Å². The Kier molecular flexibility index (Phi) is 3.77. The van der Waals surface area contributed by atoms with Crippen LogP contribution < -0.4 is 4.74 Å². The highest BCUT2D eigenvalue weighted by Gasteiger charge is 2.35. The van der Waals surface area contributed by atoms with Crippen molar-refractivity contribution in [3.05, 3.63) is 53.2 Å². The number of hydrogen-bond acceptors (Lipinski definition) is 4. The molecule has 0 radical (unpaired) electrons. The minimum atomic E-state index is -4.67. The van der Waals surface area contributed by atoms with E-state index in [0.717, 1.165) is 6.07 Å². The van der Waals surface area contributed by atoms with Gasteiger partial charge >= 0.3 is 6.18 Å². The first-order chi connectivity index (χ1) is 9.94. The van der Waals surface area contributed by atoms with Crippen molar-refractivity contribution in [2.24, 2.45) is 0 Å². The predicted molar refractivity (Wildman–Crippen MR) is 65.2 cm³/mol. The van der Waals surface area contributed by atoms with E-state index in [4.69, 9.17) is 15.3 Å². The van der Waals surface area contributed by atoms with Crippen molar-refractivity contribution in [2.45, 2.75) is 6.18 Å². The fraction of sp³-hybridized carbons (Fsp3) is 0.0714. The fourth-order valence-corrected chi connectivity index (χ4v) is 1.56. The second-order valence-corrected chi connectivity index (χ2v) is 3.90. The van der Waals surface area contributed by atoms with Crippen molar-refractivity contribution in [2.75, 3.05) is 0 Å². The van der Waals surface area contributed by atoms with Crippen LogP contribution in [0.2, 0.25) is 0 Å². The van der Waals surface area contributed by atoms with E-state index < -0.39 is 17.5 Å². The molecule has 7 heteroatoms. The van der Waals surface area contributed by atoms with Gasteiger partial charge in [0.05, 0.1) is 17.2 Å². The van der Waals surface area contributed by atoms with Crippen LogP contribution >= 0.6 is 0 Å². The summed E-state index contributed by atoms with van der Waals surface area (Å²) >= 11 is 0. The summed E-state index contributed by atoms with van der Waals surface area (Å²) < 4.78 is 43.9. The summed E-state index contributed by atoms with van der Waals surface area (Å²) in [6.07, 6.45) is -4.67. The number of nitriles is 2. The van der Waals surface area contributed by atoms with Crippen molar-refractivity contribution < 1.29 is 17.9 Å². The van der Waals surface area contributed by atoms with Crippen molar-refractivity contribution in [1.29, 1.82) is 10.5 Å². The van der Waals surface area contributed by atoms with Crippen LogP contribution in [-0.4, -0.2) is 4.98 Å². The summed E-state index contributed by atoms with van der Waals surface area (Å²) in [6, 6.07) is 10.5. The molecule has 0 amide bonds. The maximum atomic E-state index is 13.0. The maximum absolute atomic E-state index is 13.0. The number of pyridine rings is 1. The zero-order chi connectivity index (χ0) is 15.5. The van der Waals surface area contributed by atoms with Crippen LogP contribution in [0.15, 0.2) is 36.4 Å². The molecule has 0 unspecified atom stereocenters. The molecule has 1 aromatic carbocycles. The molecule has 0 aliphatic heterocycles. The molecule has 0 spiro atoms. The Labute approximate surface area is 117 Å². The van der Waals surface area contributed by atoms with E-state index in [9.17, 15) is 13.2 Å². The molecule has 1 heterocycles. The number of aromatic nitrogens is 1. The van der Waals surface area contributed by atoms with Gasteiger partial charge in [-0.2, -0.15) is 23.7 Å². The van der Waals surface area contributed by atoms with Crippen molar-refractivity contribution in [3.8, 4) is 23.8 Å². The quantitative estimate of drug-likeness (QED) is 0.846. The molecule has 21 heavy (non-hydrogen) atoms. The average molecular weight is 289 g/mol. The highest BCUT2D eigenvalue weighted by atomic mass is 19.4. The lowest BCUT2D eigenvalue weighted by Crippen LogP contribution is -2.08. The zero-order valence-electron chi connectivity index (χ0n) is 10.3. The minimum absolute atomic E-state index is 0.0229. The van der Waals surface area contributed by atoms with Crippen LogP contribution in [0.1, 0.15) is 16.8 Å². The molecule has 0 aliphatic carbocycles. The average Bonchev–Trinajstić information content (AvgIpc) is 2.46. The summed E-state index contributed by atoms with van der Waals surface area (Å²) in [7, 11) is 0. The molecular formula is C14H6F3N3O. The third-order valence-electron chi connectivity index (χ3n) is 2.47. The van der Waals surface area contributed by atoms with E-state index in [-0.39, 0.29) is 17.1 Å². The molecule has 0 N–H and O–H groups in total. The first-order valence-corrected chi connectivity index (χ1v) is 5.60. The lowest BCUT2D eigenvalue weighted by atomic mass is 10.1. The van der Waals surface area contributed by atoms with E-state index in [1.165, 1.54) is 24.3 Å². The molecule has 2 rings (SSSR count). The van der Waals surface area contributed by atoms with Crippen LogP contribution in [0.25, 0.3) is 0 Å². The third kappa shape index (κ3) is 3.28. The molecule has 0 bridgehead atoms. The first-order valence-electron chi connectivity index (χ1n) is 5.60. The molecular weight excluding hydrogens is 283 g/mol. The summed E-state index contributed by atoms with van der Waals surface area (Å²) in [6.45, 7) is 0. The van der Waals surface area contributed by atoms with Crippen molar-refractivity contribution in [3.63, 3.8) is 0 Å². The maximum Gasteiger partial charge on any atom is 0.420 e. The standard InChI is InChI=1S/C14H6F3N3O/c15-14(16,17)11-6-9(7-18)4-5-12(11)21-13-3-1-2-10(8-19)20-13/h1-6H. The molecule has 0 fully saturated rings. The number of nitrogens with zero attached hydrogens (tertiary/aromatic N) is 3. The van der Waals surface area contributed by atoms with Crippen LogP contribution in [0.3, 0.4) is 0 Å². The van der Waals surface area contributed by atoms with E-state index in [2.05, 4.69) is 4.98 Å². The van der Waals surface area contributed by atoms with Crippen LogP contribution in [0.5, 0.6) is 11.6 Å². The molecule has 0 saturated carbocycles. The van der Waals surface area contributed by atoms with Crippen LogP contribution in [0.4, 0.5) is 13.2 Å². The first kappa shape index (κ1) is 14.4.